The summed E-state index contributed by atoms with van der Waals surface area (Å²) in [5, 5.41) is 20.3. The lowest BCUT2D eigenvalue weighted by atomic mass is 10.0. The molecule has 2 aromatic heterocycles. The zero-order chi connectivity index (χ0) is 25.8. The minimum absolute atomic E-state index is 0.169. The van der Waals surface area contributed by atoms with E-state index in [2.05, 4.69) is 25.8 Å². The number of H-pyrrole nitrogens is 1. The predicted molar refractivity (Wildman–Crippen MR) is 137 cm³/mol. The number of rotatable bonds is 9. The molecule has 9 nitrogen and oxygen atoms in total. The highest BCUT2D eigenvalue weighted by molar-refractivity contribution is 6.00. The van der Waals surface area contributed by atoms with Crippen molar-refractivity contribution in [3.05, 3.63) is 84.1 Å². The summed E-state index contributed by atoms with van der Waals surface area (Å²) in [6.45, 7) is 0.482. The first-order valence-corrected chi connectivity index (χ1v) is 11.8. The van der Waals surface area contributed by atoms with Gasteiger partial charge in [0, 0.05) is 40.8 Å². The molecule has 190 valence electrons. The molecular formula is C27H26FN5O4. The molecule has 1 aliphatic heterocycles. The van der Waals surface area contributed by atoms with Crippen LogP contribution >= 0.6 is 0 Å². The van der Waals surface area contributed by atoms with E-state index >= 15 is 0 Å². The summed E-state index contributed by atoms with van der Waals surface area (Å²) >= 11 is 0. The average molecular weight is 504 g/mol. The van der Waals surface area contributed by atoms with Crippen LogP contribution in [0.2, 0.25) is 0 Å². The highest BCUT2D eigenvalue weighted by atomic mass is 19.1. The summed E-state index contributed by atoms with van der Waals surface area (Å²) in [7, 11) is 1.55. The van der Waals surface area contributed by atoms with Crippen LogP contribution in [0.15, 0.2) is 72.1 Å². The van der Waals surface area contributed by atoms with Gasteiger partial charge in [-0.25, -0.2) is 4.39 Å². The van der Waals surface area contributed by atoms with Gasteiger partial charge in [0.1, 0.15) is 30.1 Å². The van der Waals surface area contributed by atoms with Gasteiger partial charge in [-0.3, -0.25) is 15.1 Å². The van der Waals surface area contributed by atoms with Crippen molar-refractivity contribution in [3.8, 4) is 16.9 Å². The molecule has 1 amide bonds. The van der Waals surface area contributed by atoms with Crippen LogP contribution in [0.5, 0.6) is 5.75 Å². The molecule has 0 fully saturated rings. The summed E-state index contributed by atoms with van der Waals surface area (Å²) < 4.78 is 20.6. The number of amides is 1. The molecule has 2 aromatic carbocycles. The first-order valence-electron chi connectivity index (χ1n) is 11.8. The van der Waals surface area contributed by atoms with Gasteiger partial charge in [-0.1, -0.05) is 35.5 Å². The fraction of sp³-hybridized carbons (Fsp3) is 0.222. The van der Waals surface area contributed by atoms with Crippen LogP contribution < -0.4 is 15.4 Å². The number of nitrogens with one attached hydrogen (secondary N) is 3. The van der Waals surface area contributed by atoms with Crippen molar-refractivity contribution in [2.24, 2.45) is 5.16 Å². The standard InChI is InChI=1S/C27H26FN5O4/c1-29-26(34)21-7-6-16(10-22(21)28)20-4-2-3-5-25(20)36-15-19-12-18(33-37-19)14-31-27(35)24-11-17-13-30-9-8-23(17)32-24/h2-11,13,19,26,29,32,34H,12,14-15H2,1H3,(H,31,35). The molecule has 4 aromatic rings. The van der Waals surface area contributed by atoms with Gasteiger partial charge < -0.3 is 25.0 Å². The predicted octanol–water partition coefficient (Wildman–Crippen LogP) is 3.53. The van der Waals surface area contributed by atoms with Crippen LogP contribution in [0.3, 0.4) is 0 Å². The van der Waals surface area contributed by atoms with E-state index < -0.39 is 12.0 Å². The number of ether oxygens (including phenoxy) is 1. The second-order valence-electron chi connectivity index (χ2n) is 8.65. The Bertz CT molecular complexity index is 1420. The van der Waals surface area contributed by atoms with E-state index in [9.17, 15) is 14.3 Å². The fourth-order valence-electron chi connectivity index (χ4n) is 4.14. The zero-order valence-electron chi connectivity index (χ0n) is 20.1. The van der Waals surface area contributed by atoms with E-state index in [0.29, 0.717) is 34.7 Å². The lowest BCUT2D eigenvalue weighted by molar-refractivity contribution is 0.0472. The number of aromatic amines is 1. The summed E-state index contributed by atoms with van der Waals surface area (Å²) in [4.78, 5) is 25.1. The number of aliphatic hydroxyl groups excluding tert-OH is 1. The second-order valence-corrected chi connectivity index (χ2v) is 8.65. The van der Waals surface area contributed by atoms with Crippen molar-refractivity contribution in [2.75, 3.05) is 20.2 Å². The van der Waals surface area contributed by atoms with E-state index in [1.54, 1.807) is 43.7 Å². The van der Waals surface area contributed by atoms with Crippen LogP contribution in [-0.2, 0) is 4.84 Å². The Kier molecular flexibility index (Phi) is 7.11. The van der Waals surface area contributed by atoms with Gasteiger partial charge in [0.25, 0.3) is 5.91 Å². The number of hydrogen-bond acceptors (Lipinski definition) is 7. The van der Waals surface area contributed by atoms with Crippen LogP contribution in [0.4, 0.5) is 4.39 Å². The second kappa shape index (κ2) is 10.8. The van der Waals surface area contributed by atoms with Crippen LogP contribution in [0, 0.1) is 5.82 Å². The normalized spacial score (nSPS) is 15.8. The molecule has 0 bridgehead atoms. The van der Waals surface area contributed by atoms with E-state index in [0.717, 1.165) is 10.9 Å². The number of hydrogen-bond donors (Lipinski definition) is 4. The highest BCUT2D eigenvalue weighted by Gasteiger charge is 2.23. The molecule has 3 heterocycles. The van der Waals surface area contributed by atoms with E-state index in [-0.39, 0.29) is 30.7 Å². The van der Waals surface area contributed by atoms with Crippen molar-refractivity contribution in [1.29, 1.82) is 0 Å². The Morgan fingerprint density at radius 1 is 1.27 bits per heavy atom. The SMILES string of the molecule is CNC(O)c1ccc(-c2ccccc2OCC2CC(CNC(=O)c3cc4cnccc4[nH]3)=NO2)cc1F. The smallest absolute Gasteiger partial charge is 0.268 e. The first-order chi connectivity index (χ1) is 18.0. The van der Waals surface area contributed by atoms with Gasteiger partial charge in [0.05, 0.1) is 12.3 Å². The molecule has 5 rings (SSSR count). The van der Waals surface area contributed by atoms with Crippen molar-refractivity contribution in [1.82, 2.24) is 20.6 Å². The number of nitrogens with zero attached hydrogens (tertiary/aromatic N) is 2. The fourth-order valence-corrected chi connectivity index (χ4v) is 4.14. The van der Waals surface area contributed by atoms with Crippen molar-refractivity contribution in [2.45, 2.75) is 18.8 Å². The number of pyridine rings is 1. The number of carbonyl (C=O) groups is 1. The molecule has 37 heavy (non-hydrogen) atoms. The zero-order valence-corrected chi connectivity index (χ0v) is 20.1. The third-order valence-electron chi connectivity index (χ3n) is 6.10. The molecule has 2 atom stereocenters. The quantitative estimate of drug-likeness (QED) is 0.259. The van der Waals surface area contributed by atoms with Gasteiger partial charge in [-0.05, 0) is 36.9 Å². The minimum atomic E-state index is -1.08. The highest BCUT2D eigenvalue weighted by Crippen LogP contribution is 2.32. The van der Waals surface area contributed by atoms with Crippen LogP contribution in [0.1, 0.15) is 28.7 Å². The number of carbonyl (C=O) groups excluding carboxylic acids is 1. The van der Waals surface area contributed by atoms with E-state index in [1.807, 2.05) is 24.3 Å². The molecule has 10 heteroatoms. The number of aliphatic hydroxyl groups is 1. The van der Waals surface area contributed by atoms with Crippen LogP contribution in [0.25, 0.3) is 22.0 Å². The summed E-state index contributed by atoms with van der Waals surface area (Å²) in [5.74, 6) is -0.187. The number of para-hydroxylation sites is 1. The van der Waals surface area contributed by atoms with E-state index in [1.165, 1.54) is 6.07 Å². The van der Waals surface area contributed by atoms with Gasteiger partial charge in [0.2, 0.25) is 0 Å². The minimum Gasteiger partial charge on any atom is -0.489 e. The molecule has 1 aliphatic rings. The van der Waals surface area contributed by atoms with Crippen molar-refractivity contribution in [3.63, 3.8) is 0 Å². The van der Waals surface area contributed by atoms with Gasteiger partial charge >= 0.3 is 0 Å². The molecule has 0 aliphatic carbocycles. The van der Waals surface area contributed by atoms with Crippen molar-refractivity contribution >= 4 is 22.5 Å². The Balaban J connectivity index is 1.16. The maximum Gasteiger partial charge on any atom is 0.268 e. The number of oxime groups is 1. The molecule has 0 saturated carbocycles. The maximum absolute atomic E-state index is 14.6. The molecule has 4 N–H and O–H groups in total. The molecule has 0 spiro atoms. The molecule has 2 unspecified atom stereocenters. The van der Waals surface area contributed by atoms with Crippen LogP contribution in [-0.4, -0.2) is 53.0 Å². The average Bonchev–Trinajstić information content (AvgIpc) is 3.57. The Morgan fingerprint density at radius 3 is 2.95 bits per heavy atom. The number of aromatic nitrogens is 2. The maximum atomic E-state index is 14.6. The topological polar surface area (TPSA) is 121 Å². The first kappa shape index (κ1) is 24.4. The van der Waals surface area contributed by atoms with Gasteiger partial charge in [-0.2, -0.15) is 0 Å². The number of fused-ring (bicyclic) bond motifs is 1. The van der Waals surface area contributed by atoms with Gasteiger partial charge in [-0.15, -0.1) is 0 Å². The Hall–Kier alpha value is -4.28. The number of halogens is 1. The van der Waals surface area contributed by atoms with Gasteiger partial charge in [0.15, 0.2) is 6.10 Å². The molecular weight excluding hydrogens is 477 g/mol. The van der Waals surface area contributed by atoms with E-state index in [4.69, 9.17) is 9.57 Å². The summed E-state index contributed by atoms with van der Waals surface area (Å²) in [6.07, 6.45) is 2.46. The molecule has 0 saturated heterocycles. The Labute approximate surface area is 212 Å². The third kappa shape index (κ3) is 5.45. The Morgan fingerprint density at radius 2 is 2.14 bits per heavy atom. The largest absolute Gasteiger partial charge is 0.489 e. The monoisotopic (exact) mass is 503 g/mol. The summed E-state index contributed by atoms with van der Waals surface area (Å²) in [5.41, 5.74) is 3.50. The third-order valence-corrected chi connectivity index (χ3v) is 6.10. The lowest BCUT2D eigenvalue weighted by Crippen LogP contribution is -2.30. The summed E-state index contributed by atoms with van der Waals surface area (Å²) in [6, 6.07) is 15.5. The molecule has 0 radical (unpaired) electrons. The lowest BCUT2D eigenvalue weighted by Gasteiger charge is -2.15. The number of benzene rings is 2. The van der Waals surface area contributed by atoms with Crippen molar-refractivity contribution < 1.29 is 23.9 Å².